The summed E-state index contributed by atoms with van der Waals surface area (Å²) in [6, 6.07) is 6.24. The first-order chi connectivity index (χ1) is 13.9. The lowest BCUT2D eigenvalue weighted by Gasteiger charge is -2.29. The molecule has 2 aliphatic heterocycles. The lowest BCUT2D eigenvalue weighted by Crippen LogP contribution is -2.37. The van der Waals surface area contributed by atoms with Crippen LogP contribution in [0.15, 0.2) is 47.5 Å². The van der Waals surface area contributed by atoms with Crippen molar-refractivity contribution in [2.45, 2.75) is 33.1 Å². The van der Waals surface area contributed by atoms with Crippen LogP contribution in [0.25, 0.3) is 6.08 Å². The van der Waals surface area contributed by atoms with Crippen LogP contribution < -0.4 is 5.32 Å². The van der Waals surface area contributed by atoms with Crippen molar-refractivity contribution in [3.8, 4) is 0 Å². The van der Waals surface area contributed by atoms with Gasteiger partial charge < -0.3 is 10.2 Å². The van der Waals surface area contributed by atoms with E-state index in [1.165, 1.54) is 10.5 Å². The summed E-state index contributed by atoms with van der Waals surface area (Å²) in [5.74, 6) is 0.632. The third-order valence-corrected chi connectivity index (χ3v) is 6.36. The number of hydrogen-bond donors (Lipinski definition) is 1. The molecule has 0 aromatic carbocycles. The second-order valence-corrected chi connectivity index (χ2v) is 9.31. The first-order valence-corrected chi connectivity index (χ1v) is 10.8. The normalized spacial score (nSPS) is 18.3. The van der Waals surface area contributed by atoms with Crippen molar-refractivity contribution in [2.75, 3.05) is 18.4 Å². The number of carbonyl (C=O) groups is 2. The fourth-order valence-electron chi connectivity index (χ4n) is 3.68. The monoisotopic (exact) mass is 407 g/mol. The number of carbonyl (C=O) groups excluding carboxylic acids is 2. The summed E-state index contributed by atoms with van der Waals surface area (Å²) in [5, 5.41) is 4.96. The van der Waals surface area contributed by atoms with Crippen molar-refractivity contribution in [1.82, 2.24) is 9.88 Å². The molecule has 0 fully saturated rings. The molecule has 29 heavy (non-hydrogen) atoms. The number of pyridine rings is 1. The molecule has 0 saturated heterocycles. The maximum atomic E-state index is 12.6. The molecule has 2 aromatic heterocycles. The summed E-state index contributed by atoms with van der Waals surface area (Å²) in [5.41, 5.74) is 2.83. The van der Waals surface area contributed by atoms with Crippen molar-refractivity contribution in [1.29, 1.82) is 0 Å². The van der Waals surface area contributed by atoms with Gasteiger partial charge in [0.2, 0.25) is 11.8 Å². The Morgan fingerprint density at radius 3 is 3.00 bits per heavy atom. The number of hydrogen-bond acceptors (Lipinski definition) is 4. The zero-order chi connectivity index (χ0) is 20.4. The van der Waals surface area contributed by atoms with E-state index in [0.29, 0.717) is 18.8 Å². The molecule has 150 valence electrons. The summed E-state index contributed by atoms with van der Waals surface area (Å²) in [4.78, 5) is 32.2. The van der Waals surface area contributed by atoms with Crippen molar-refractivity contribution < 1.29 is 9.59 Å². The molecule has 5 nitrogen and oxygen atoms in total. The third kappa shape index (κ3) is 4.48. The molecular weight excluding hydrogens is 382 g/mol. The predicted molar refractivity (Wildman–Crippen MR) is 117 cm³/mol. The van der Waals surface area contributed by atoms with E-state index in [2.05, 4.69) is 33.9 Å². The quantitative estimate of drug-likeness (QED) is 0.614. The Hall–Kier alpha value is -2.73. The van der Waals surface area contributed by atoms with E-state index in [-0.39, 0.29) is 11.8 Å². The highest BCUT2D eigenvalue weighted by atomic mass is 32.1. The van der Waals surface area contributed by atoms with E-state index in [1.807, 2.05) is 30.9 Å². The van der Waals surface area contributed by atoms with Crippen LogP contribution in [0.4, 0.5) is 5.82 Å². The Balaban J connectivity index is 1.38. The third-order valence-electron chi connectivity index (χ3n) is 5.48. The number of amides is 2. The number of rotatable bonds is 4. The highest BCUT2D eigenvalue weighted by Crippen LogP contribution is 2.32. The second-order valence-electron chi connectivity index (χ2n) is 8.28. The van der Waals surface area contributed by atoms with Crippen molar-refractivity contribution >= 4 is 35.0 Å². The van der Waals surface area contributed by atoms with Gasteiger partial charge >= 0.3 is 0 Å². The van der Waals surface area contributed by atoms with E-state index < -0.39 is 5.41 Å². The van der Waals surface area contributed by atoms with E-state index in [0.717, 1.165) is 30.5 Å². The Morgan fingerprint density at radius 2 is 2.28 bits per heavy atom. The van der Waals surface area contributed by atoms with Gasteiger partial charge in [-0.1, -0.05) is 31.6 Å². The molecule has 4 rings (SSSR count). The molecule has 0 saturated carbocycles. The van der Waals surface area contributed by atoms with Gasteiger partial charge in [-0.3, -0.25) is 9.59 Å². The maximum absolute atomic E-state index is 12.6. The fraction of sp³-hybridized carbons (Fsp3) is 0.348. The SMILES string of the molecule is CC1(C)Cc2cc(/C=C/C(=O)N3CC=C(Cc4cccs4)CC3)cnc2NC1=O. The molecular formula is C23H25N3O2S. The lowest BCUT2D eigenvalue weighted by molar-refractivity contribution is -0.126. The molecule has 0 radical (unpaired) electrons. The summed E-state index contributed by atoms with van der Waals surface area (Å²) < 4.78 is 0. The van der Waals surface area contributed by atoms with E-state index in [4.69, 9.17) is 0 Å². The van der Waals surface area contributed by atoms with Crippen LogP contribution in [-0.2, 0) is 22.4 Å². The van der Waals surface area contributed by atoms with Gasteiger partial charge in [0.15, 0.2) is 0 Å². The molecule has 6 heteroatoms. The van der Waals surface area contributed by atoms with Crippen LogP contribution in [0.5, 0.6) is 0 Å². The Labute approximate surface area is 175 Å². The van der Waals surface area contributed by atoms with Crippen molar-refractivity contribution in [2.24, 2.45) is 5.41 Å². The number of nitrogens with one attached hydrogen (secondary N) is 1. The molecule has 0 aliphatic carbocycles. The first kappa shape index (κ1) is 19.6. The Morgan fingerprint density at radius 1 is 1.41 bits per heavy atom. The zero-order valence-corrected chi connectivity index (χ0v) is 17.6. The van der Waals surface area contributed by atoms with E-state index in [9.17, 15) is 9.59 Å². The summed E-state index contributed by atoms with van der Waals surface area (Å²) in [6.45, 7) is 5.26. The highest BCUT2D eigenvalue weighted by molar-refractivity contribution is 7.09. The fourth-order valence-corrected chi connectivity index (χ4v) is 4.44. The second kappa shape index (κ2) is 7.95. The topological polar surface area (TPSA) is 62.3 Å². The number of thiophene rings is 1. The maximum Gasteiger partial charge on any atom is 0.246 e. The minimum absolute atomic E-state index is 0.00688. The van der Waals surface area contributed by atoms with Gasteiger partial charge in [0.1, 0.15) is 5.82 Å². The van der Waals surface area contributed by atoms with Gasteiger partial charge in [0.05, 0.1) is 0 Å². The largest absolute Gasteiger partial charge is 0.335 e. The number of anilines is 1. The Bertz CT molecular complexity index is 990. The van der Waals surface area contributed by atoms with Crippen molar-refractivity contribution in [3.05, 3.63) is 63.5 Å². The van der Waals surface area contributed by atoms with Gasteiger partial charge in [0, 0.05) is 42.1 Å². The average Bonchev–Trinajstić information content (AvgIpc) is 3.20. The molecule has 2 amide bonds. The molecule has 2 aromatic rings. The van der Waals surface area contributed by atoms with Crippen LogP contribution >= 0.6 is 11.3 Å². The molecule has 0 spiro atoms. The van der Waals surface area contributed by atoms with E-state index in [1.54, 1.807) is 23.6 Å². The molecule has 2 aliphatic rings. The molecule has 1 N–H and O–H groups in total. The van der Waals surface area contributed by atoms with Crippen LogP contribution in [0.1, 0.15) is 36.3 Å². The standard InChI is InChI=1S/C23H25N3O2S/c1-23(2)14-18-12-17(15-24-21(18)25-22(23)28)5-6-20(27)26-9-7-16(8-10-26)13-19-4-3-11-29-19/h3-7,11-12,15H,8-10,13-14H2,1-2H3,(H,24,25,28)/b6-5+. The van der Waals surface area contributed by atoms with Crippen LogP contribution in [0.3, 0.4) is 0 Å². The average molecular weight is 408 g/mol. The lowest BCUT2D eigenvalue weighted by atomic mass is 9.82. The summed E-state index contributed by atoms with van der Waals surface area (Å²) in [7, 11) is 0. The smallest absolute Gasteiger partial charge is 0.246 e. The van der Waals surface area contributed by atoms with E-state index >= 15 is 0 Å². The first-order valence-electron chi connectivity index (χ1n) is 9.88. The summed E-state index contributed by atoms with van der Waals surface area (Å²) >= 11 is 1.78. The number of nitrogens with zero attached hydrogens (tertiary/aromatic N) is 2. The molecule has 0 atom stereocenters. The van der Waals surface area contributed by atoms with Crippen molar-refractivity contribution in [3.63, 3.8) is 0 Å². The van der Waals surface area contributed by atoms with Gasteiger partial charge in [-0.25, -0.2) is 4.98 Å². The summed E-state index contributed by atoms with van der Waals surface area (Å²) in [6.07, 6.45) is 9.85. The van der Waals surface area contributed by atoms with Gasteiger partial charge in [-0.15, -0.1) is 11.3 Å². The highest BCUT2D eigenvalue weighted by Gasteiger charge is 2.34. The van der Waals surface area contributed by atoms with Gasteiger partial charge in [-0.2, -0.15) is 0 Å². The van der Waals surface area contributed by atoms with Crippen LogP contribution in [0.2, 0.25) is 0 Å². The minimum atomic E-state index is -0.451. The van der Waals surface area contributed by atoms with Gasteiger partial charge in [0.25, 0.3) is 0 Å². The predicted octanol–water partition coefficient (Wildman–Crippen LogP) is 4.08. The number of fused-ring (bicyclic) bond motifs is 1. The minimum Gasteiger partial charge on any atom is -0.335 e. The Kier molecular flexibility index (Phi) is 5.37. The number of aromatic nitrogens is 1. The van der Waals surface area contributed by atoms with Gasteiger partial charge in [-0.05, 0) is 47.6 Å². The zero-order valence-electron chi connectivity index (χ0n) is 16.8. The van der Waals surface area contributed by atoms with Crippen LogP contribution in [0, 0.1) is 5.41 Å². The van der Waals surface area contributed by atoms with Crippen LogP contribution in [-0.4, -0.2) is 34.8 Å². The molecule has 0 bridgehead atoms. The molecule has 4 heterocycles. The molecule has 0 unspecified atom stereocenters.